The van der Waals surface area contributed by atoms with Crippen molar-refractivity contribution < 1.29 is 13.9 Å². The molecular formula is C26H20FN3O3. The van der Waals surface area contributed by atoms with E-state index in [9.17, 15) is 14.0 Å². The minimum atomic E-state index is -0.513. The summed E-state index contributed by atoms with van der Waals surface area (Å²) < 4.78 is 20.5. The maximum absolute atomic E-state index is 13.2. The Kier molecular flexibility index (Phi) is 5.44. The van der Waals surface area contributed by atoms with E-state index in [0.717, 1.165) is 11.1 Å². The molecule has 0 unspecified atom stereocenters. The van der Waals surface area contributed by atoms with Crippen molar-refractivity contribution in [1.29, 1.82) is 0 Å². The van der Waals surface area contributed by atoms with Gasteiger partial charge in [0.2, 0.25) is 5.91 Å². The zero-order valence-electron chi connectivity index (χ0n) is 17.6. The standard InChI is InChI=1S/C26H20FN3O3/c27-18-11-9-17(10-12-18)21-13-14-24(31)30(29-21)16-15-28-26(32)25-19-5-1-3-7-22(19)33-23-8-4-2-6-20(23)25/h1-14,25H,15-16H2,(H,28,32). The highest BCUT2D eigenvalue weighted by Crippen LogP contribution is 2.43. The maximum atomic E-state index is 13.2. The van der Waals surface area contributed by atoms with E-state index >= 15 is 0 Å². The number of nitrogens with one attached hydrogen (secondary N) is 1. The van der Waals surface area contributed by atoms with Crippen LogP contribution in [0.1, 0.15) is 17.0 Å². The van der Waals surface area contributed by atoms with Gasteiger partial charge in [-0.15, -0.1) is 0 Å². The summed E-state index contributed by atoms with van der Waals surface area (Å²) in [5, 5.41) is 7.30. The van der Waals surface area contributed by atoms with Crippen LogP contribution in [-0.2, 0) is 11.3 Å². The van der Waals surface area contributed by atoms with Gasteiger partial charge in [-0.3, -0.25) is 9.59 Å². The van der Waals surface area contributed by atoms with Crippen molar-refractivity contribution in [1.82, 2.24) is 15.1 Å². The van der Waals surface area contributed by atoms with E-state index in [-0.39, 0.29) is 30.4 Å². The van der Waals surface area contributed by atoms with E-state index in [0.29, 0.717) is 22.8 Å². The van der Waals surface area contributed by atoms with Crippen molar-refractivity contribution in [2.24, 2.45) is 0 Å². The van der Waals surface area contributed by atoms with Gasteiger partial charge in [0.1, 0.15) is 17.3 Å². The van der Waals surface area contributed by atoms with Crippen molar-refractivity contribution in [3.8, 4) is 22.8 Å². The molecule has 1 aliphatic heterocycles. The molecule has 164 valence electrons. The number of hydrogen-bond acceptors (Lipinski definition) is 4. The zero-order chi connectivity index (χ0) is 22.8. The number of benzene rings is 3. The number of ether oxygens (including phenoxy) is 1. The number of rotatable bonds is 5. The van der Waals surface area contributed by atoms with Gasteiger partial charge in [-0.2, -0.15) is 5.10 Å². The lowest BCUT2D eigenvalue weighted by atomic mass is 9.87. The molecule has 0 fully saturated rings. The van der Waals surface area contributed by atoms with Gasteiger partial charge < -0.3 is 10.1 Å². The first-order valence-electron chi connectivity index (χ1n) is 10.6. The van der Waals surface area contributed by atoms with Crippen LogP contribution in [0.3, 0.4) is 0 Å². The highest BCUT2D eigenvalue weighted by molar-refractivity contribution is 5.89. The predicted octanol–water partition coefficient (Wildman–Crippen LogP) is 4.10. The molecule has 5 rings (SSSR count). The number of halogens is 1. The van der Waals surface area contributed by atoms with Crippen molar-refractivity contribution in [2.45, 2.75) is 12.5 Å². The molecule has 0 radical (unpaired) electrons. The molecule has 0 atom stereocenters. The number of carbonyl (C=O) groups excluding carboxylic acids is 1. The second kappa shape index (κ2) is 8.70. The Morgan fingerprint density at radius 2 is 1.55 bits per heavy atom. The van der Waals surface area contributed by atoms with Crippen LogP contribution in [0.5, 0.6) is 11.5 Å². The number of hydrogen-bond donors (Lipinski definition) is 1. The van der Waals surface area contributed by atoms with Gasteiger partial charge in [-0.1, -0.05) is 36.4 Å². The minimum absolute atomic E-state index is 0.180. The molecule has 4 aromatic rings. The predicted molar refractivity (Wildman–Crippen MR) is 122 cm³/mol. The lowest BCUT2D eigenvalue weighted by molar-refractivity contribution is -0.121. The Labute approximate surface area is 189 Å². The fraction of sp³-hybridized carbons (Fsp3) is 0.115. The van der Waals surface area contributed by atoms with Gasteiger partial charge in [0, 0.05) is 29.3 Å². The average Bonchev–Trinajstić information content (AvgIpc) is 2.84. The summed E-state index contributed by atoms with van der Waals surface area (Å²) >= 11 is 0. The van der Waals surface area contributed by atoms with E-state index in [1.54, 1.807) is 18.2 Å². The third-order valence-electron chi connectivity index (χ3n) is 5.57. The molecule has 6 nitrogen and oxygen atoms in total. The molecule has 1 amide bonds. The monoisotopic (exact) mass is 441 g/mol. The van der Waals surface area contributed by atoms with Crippen LogP contribution in [-0.4, -0.2) is 22.2 Å². The summed E-state index contributed by atoms with van der Waals surface area (Å²) in [7, 11) is 0. The molecule has 3 aromatic carbocycles. The van der Waals surface area contributed by atoms with E-state index in [1.165, 1.54) is 22.9 Å². The summed E-state index contributed by atoms with van der Waals surface area (Å²) in [6.07, 6.45) is 0. The highest BCUT2D eigenvalue weighted by atomic mass is 19.1. The van der Waals surface area contributed by atoms with Crippen molar-refractivity contribution >= 4 is 5.91 Å². The smallest absolute Gasteiger partial charge is 0.266 e. The topological polar surface area (TPSA) is 73.2 Å². The third kappa shape index (κ3) is 4.13. The van der Waals surface area contributed by atoms with Crippen molar-refractivity contribution in [2.75, 3.05) is 6.54 Å². The van der Waals surface area contributed by atoms with Crippen LogP contribution in [0.15, 0.2) is 89.7 Å². The van der Waals surface area contributed by atoms with E-state index < -0.39 is 5.92 Å². The normalized spacial score (nSPS) is 12.4. The number of carbonyl (C=O) groups is 1. The van der Waals surface area contributed by atoms with E-state index in [2.05, 4.69) is 10.4 Å². The molecule has 0 saturated heterocycles. The maximum Gasteiger partial charge on any atom is 0.266 e. The van der Waals surface area contributed by atoms with Crippen LogP contribution in [0.25, 0.3) is 11.3 Å². The average molecular weight is 441 g/mol. The summed E-state index contributed by atoms with van der Waals surface area (Å²) in [5.41, 5.74) is 2.55. The molecule has 33 heavy (non-hydrogen) atoms. The number of nitrogens with zero attached hydrogens (tertiary/aromatic N) is 2. The molecule has 1 aromatic heterocycles. The summed E-state index contributed by atoms with van der Waals surface area (Å²) in [6, 6.07) is 23.9. The van der Waals surface area contributed by atoms with Crippen LogP contribution in [0, 0.1) is 5.82 Å². The summed E-state index contributed by atoms with van der Waals surface area (Å²) in [6.45, 7) is 0.423. The molecular weight excluding hydrogens is 421 g/mol. The lowest BCUT2D eigenvalue weighted by Gasteiger charge is -2.27. The minimum Gasteiger partial charge on any atom is -0.457 e. The first-order chi connectivity index (χ1) is 16.1. The van der Waals surface area contributed by atoms with Gasteiger partial charge in [0.15, 0.2) is 0 Å². The fourth-order valence-electron chi connectivity index (χ4n) is 3.96. The molecule has 0 spiro atoms. The summed E-state index contributed by atoms with van der Waals surface area (Å²) in [4.78, 5) is 25.5. The first-order valence-corrected chi connectivity index (χ1v) is 10.6. The Morgan fingerprint density at radius 1 is 0.909 bits per heavy atom. The van der Waals surface area contributed by atoms with Gasteiger partial charge in [0.05, 0.1) is 18.2 Å². The van der Waals surface area contributed by atoms with Gasteiger partial charge in [-0.05, 0) is 42.5 Å². The molecule has 7 heteroatoms. The van der Waals surface area contributed by atoms with E-state index in [4.69, 9.17) is 4.74 Å². The van der Waals surface area contributed by atoms with Crippen molar-refractivity contribution in [3.63, 3.8) is 0 Å². The SMILES string of the molecule is O=C(NCCn1nc(-c2ccc(F)cc2)ccc1=O)C1c2ccccc2Oc2ccccc21. The Morgan fingerprint density at radius 3 is 2.21 bits per heavy atom. The van der Waals surface area contributed by atoms with Crippen LogP contribution >= 0.6 is 0 Å². The Hall–Kier alpha value is -4.26. The first kappa shape index (κ1) is 20.6. The van der Waals surface area contributed by atoms with Gasteiger partial charge in [0.25, 0.3) is 5.56 Å². The lowest BCUT2D eigenvalue weighted by Crippen LogP contribution is -2.35. The number of amides is 1. The Bertz CT molecular complexity index is 1340. The fourth-order valence-corrected chi connectivity index (χ4v) is 3.96. The Balaban J connectivity index is 1.33. The van der Waals surface area contributed by atoms with Gasteiger partial charge in [-0.25, -0.2) is 9.07 Å². The third-order valence-corrected chi connectivity index (χ3v) is 5.57. The van der Waals surface area contributed by atoms with E-state index in [1.807, 2.05) is 48.5 Å². The van der Waals surface area contributed by atoms with Crippen LogP contribution in [0.2, 0.25) is 0 Å². The number of aromatic nitrogens is 2. The molecule has 2 heterocycles. The highest BCUT2D eigenvalue weighted by Gasteiger charge is 2.32. The quantitative estimate of drug-likeness (QED) is 0.506. The van der Waals surface area contributed by atoms with Gasteiger partial charge >= 0.3 is 0 Å². The molecule has 0 saturated carbocycles. The largest absolute Gasteiger partial charge is 0.457 e. The zero-order valence-corrected chi connectivity index (χ0v) is 17.6. The number of fused-ring (bicyclic) bond motifs is 2. The molecule has 1 aliphatic rings. The molecule has 1 N–H and O–H groups in total. The second-order valence-corrected chi connectivity index (χ2v) is 7.69. The molecule has 0 aliphatic carbocycles. The molecule has 0 bridgehead atoms. The van der Waals surface area contributed by atoms with Crippen molar-refractivity contribution in [3.05, 3.63) is 112 Å². The van der Waals surface area contributed by atoms with Crippen LogP contribution < -0.4 is 15.6 Å². The second-order valence-electron chi connectivity index (χ2n) is 7.69. The summed E-state index contributed by atoms with van der Waals surface area (Å²) in [5.74, 6) is 0.274. The number of para-hydroxylation sites is 2. The van der Waals surface area contributed by atoms with Crippen LogP contribution in [0.4, 0.5) is 4.39 Å².